The largest absolute Gasteiger partial charge is 0.482 e. The highest BCUT2D eigenvalue weighted by atomic mass is 79.9. The van der Waals surface area contributed by atoms with Gasteiger partial charge in [-0.3, -0.25) is 9.59 Å². The second-order valence-corrected chi connectivity index (χ2v) is 8.41. The molecule has 1 N–H and O–H groups in total. The number of carbonyl (C=O) groups is 2. The molecule has 5 nitrogen and oxygen atoms in total. The van der Waals surface area contributed by atoms with Crippen molar-refractivity contribution in [2.75, 3.05) is 13.2 Å². The molecule has 2 rings (SSSR count). The van der Waals surface area contributed by atoms with Crippen molar-refractivity contribution in [2.24, 2.45) is 0 Å². The first-order chi connectivity index (χ1) is 14.3. The van der Waals surface area contributed by atoms with E-state index in [-0.39, 0.29) is 18.4 Å². The lowest BCUT2D eigenvalue weighted by Crippen LogP contribution is -2.50. The van der Waals surface area contributed by atoms with E-state index in [4.69, 9.17) is 16.3 Å². The average Bonchev–Trinajstić information content (AvgIpc) is 2.71. The molecular weight excluding hydrogens is 468 g/mol. The molecule has 7 heteroatoms. The van der Waals surface area contributed by atoms with Crippen LogP contribution in [-0.2, 0) is 16.1 Å². The normalized spacial score (nSPS) is 11.6. The second-order valence-electron chi connectivity index (χ2n) is 7.09. The lowest BCUT2D eigenvalue weighted by Gasteiger charge is -2.30. The number of nitrogens with zero attached hydrogens (tertiary/aromatic N) is 1. The van der Waals surface area contributed by atoms with Crippen LogP contribution < -0.4 is 10.1 Å². The molecule has 0 saturated heterocycles. The van der Waals surface area contributed by atoms with E-state index in [1.165, 1.54) is 0 Å². The highest BCUT2D eigenvalue weighted by molar-refractivity contribution is 9.10. The maximum atomic E-state index is 13.1. The Labute approximate surface area is 191 Å². The molecule has 0 radical (unpaired) electrons. The van der Waals surface area contributed by atoms with Crippen LogP contribution in [-0.4, -0.2) is 35.9 Å². The summed E-state index contributed by atoms with van der Waals surface area (Å²) in [5, 5.41) is 3.32. The zero-order valence-electron chi connectivity index (χ0n) is 17.6. The highest BCUT2D eigenvalue weighted by Crippen LogP contribution is 2.28. The van der Waals surface area contributed by atoms with Gasteiger partial charge >= 0.3 is 0 Å². The van der Waals surface area contributed by atoms with E-state index < -0.39 is 6.04 Å². The molecular formula is C23H28BrClN2O3. The number of aryl methyl sites for hydroxylation is 1. The van der Waals surface area contributed by atoms with Crippen LogP contribution in [0.4, 0.5) is 0 Å². The molecule has 0 aromatic heterocycles. The van der Waals surface area contributed by atoms with Crippen LogP contribution in [0, 0.1) is 6.92 Å². The van der Waals surface area contributed by atoms with Crippen LogP contribution in [0.15, 0.2) is 46.9 Å². The first-order valence-corrected chi connectivity index (χ1v) is 11.2. The molecule has 162 valence electrons. The Bertz CT molecular complexity index is 875. The third kappa shape index (κ3) is 7.03. The molecule has 2 amide bonds. The number of carbonyl (C=O) groups excluding carboxylic acids is 2. The molecule has 1 atom stereocenters. The molecule has 0 bridgehead atoms. The Morgan fingerprint density at radius 1 is 1.20 bits per heavy atom. The summed E-state index contributed by atoms with van der Waals surface area (Å²) in [7, 11) is 0. The second kappa shape index (κ2) is 12.0. The standard InChI is InChI=1S/C23H28BrClN2O3/c1-4-11-26-23(29)20(5-2)27(14-17-8-6-7-16(3)12-17)22(28)15-30-21-10-9-18(24)13-19(21)25/h6-10,12-13,20H,4-5,11,14-15H2,1-3H3,(H,26,29). The van der Waals surface area contributed by atoms with Gasteiger partial charge < -0.3 is 15.0 Å². The Balaban J connectivity index is 2.21. The molecule has 0 fully saturated rings. The number of hydrogen-bond acceptors (Lipinski definition) is 3. The van der Waals surface area contributed by atoms with Crippen LogP contribution in [0.3, 0.4) is 0 Å². The first kappa shape index (κ1) is 24.2. The van der Waals surface area contributed by atoms with E-state index in [9.17, 15) is 9.59 Å². The molecule has 30 heavy (non-hydrogen) atoms. The summed E-state index contributed by atoms with van der Waals surface area (Å²) in [5.74, 6) is 0.00298. The summed E-state index contributed by atoms with van der Waals surface area (Å²) >= 11 is 9.54. The molecule has 1 unspecified atom stereocenters. The van der Waals surface area contributed by atoms with Crippen molar-refractivity contribution in [3.8, 4) is 5.75 Å². The molecule has 2 aromatic carbocycles. The number of rotatable bonds is 10. The van der Waals surface area contributed by atoms with Gasteiger partial charge in [0.05, 0.1) is 5.02 Å². The predicted octanol–water partition coefficient (Wildman–Crippen LogP) is 5.12. The lowest BCUT2D eigenvalue weighted by molar-refractivity contribution is -0.143. The molecule has 0 saturated carbocycles. The van der Waals surface area contributed by atoms with Crippen molar-refractivity contribution in [2.45, 2.75) is 46.2 Å². The Morgan fingerprint density at radius 2 is 1.97 bits per heavy atom. The van der Waals surface area contributed by atoms with Gasteiger partial charge in [0.15, 0.2) is 6.61 Å². The SMILES string of the molecule is CCCNC(=O)C(CC)N(Cc1cccc(C)c1)C(=O)COc1ccc(Br)cc1Cl. The highest BCUT2D eigenvalue weighted by Gasteiger charge is 2.28. The van der Waals surface area contributed by atoms with E-state index in [0.717, 1.165) is 22.0 Å². The summed E-state index contributed by atoms with van der Waals surface area (Å²) in [4.78, 5) is 27.5. The van der Waals surface area contributed by atoms with Gasteiger partial charge in [0.2, 0.25) is 5.91 Å². The fraction of sp³-hybridized carbons (Fsp3) is 0.391. The van der Waals surface area contributed by atoms with E-state index in [1.54, 1.807) is 23.1 Å². The molecule has 2 aromatic rings. The minimum atomic E-state index is -0.575. The topological polar surface area (TPSA) is 58.6 Å². The van der Waals surface area contributed by atoms with E-state index >= 15 is 0 Å². The third-order valence-corrected chi connectivity index (χ3v) is 5.40. The van der Waals surface area contributed by atoms with Crippen LogP contribution in [0.2, 0.25) is 5.02 Å². The summed E-state index contributed by atoms with van der Waals surface area (Å²) < 4.78 is 6.50. The maximum absolute atomic E-state index is 13.1. The minimum Gasteiger partial charge on any atom is -0.482 e. The van der Waals surface area contributed by atoms with Gasteiger partial charge in [-0.2, -0.15) is 0 Å². The van der Waals surface area contributed by atoms with Crippen molar-refractivity contribution in [1.82, 2.24) is 10.2 Å². The number of hydrogen-bond donors (Lipinski definition) is 1. The summed E-state index contributed by atoms with van der Waals surface area (Å²) in [5.41, 5.74) is 2.06. The van der Waals surface area contributed by atoms with Crippen LogP contribution in [0.5, 0.6) is 5.75 Å². The predicted molar refractivity (Wildman–Crippen MR) is 124 cm³/mol. The zero-order chi connectivity index (χ0) is 22.1. The fourth-order valence-electron chi connectivity index (χ4n) is 3.11. The van der Waals surface area contributed by atoms with Crippen molar-refractivity contribution < 1.29 is 14.3 Å². The number of benzene rings is 2. The molecule has 0 aliphatic rings. The Hall–Kier alpha value is -2.05. The number of ether oxygens (including phenoxy) is 1. The smallest absolute Gasteiger partial charge is 0.261 e. The first-order valence-electron chi connectivity index (χ1n) is 10.1. The zero-order valence-corrected chi connectivity index (χ0v) is 19.9. The maximum Gasteiger partial charge on any atom is 0.261 e. The van der Waals surface area contributed by atoms with Gasteiger partial charge in [-0.25, -0.2) is 0 Å². The molecule has 0 spiro atoms. The van der Waals surface area contributed by atoms with Gasteiger partial charge in [-0.05, 0) is 43.5 Å². The van der Waals surface area contributed by atoms with Gasteiger partial charge in [-0.15, -0.1) is 0 Å². The van der Waals surface area contributed by atoms with E-state index in [1.807, 2.05) is 45.0 Å². The van der Waals surface area contributed by atoms with Crippen molar-refractivity contribution in [3.05, 3.63) is 63.1 Å². The molecule has 0 heterocycles. The van der Waals surface area contributed by atoms with Gasteiger partial charge in [0, 0.05) is 17.6 Å². The monoisotopic (exact) mass is 494 g/mol. The van der Waals surface area contributed by atoms with E-state index in [2.05, 4.69) is 21.2 Å². The van der Waals surface area contributed by atoms with E-state index in [0.29, 0.717) is 30.3 Å². The number of halogens is 2. The van der Waals surface area contributed by atoms with Crippen molar-refractivity contribution >= 4 is 39.3 Å². The number of nitrogens with one attached hydrogen (secondary N) is 1. The Kier molecular flexibility index (Phi) is 9.66. The molecule has 0 aliphatic heterocycles. The summed E-state index contributed by atoms with van der Waals surface area (Å²) in [6.07, 6.45) is 1.34. The Morgan fingerprint density at radius 3 is 2.60 bits per heavy atom. The van der Waals surface area contributed by atoms with Gasteiger partial charge in [-0.1, -0.05) is 71.2 Å². The quantitative estimate of drug-likeness (QED) is 0.497. The average molecular weight is 496 g/mol. The van der Waals surface area contributed by atoms with Gasteiger partial charge in [0.1, 0.15) is 11.8 Å². The molecule has 0 aliphatic carbocycles. The number of amides is 2. The van der Waals surface area contributed by atoms with Crippen LogP contribution >= 0.6 is 27.5 Å². The van der Waals surface area contributed by atoms with Gasteiger partial charge in [0.25, 0.3) is 5.91 Å². The van der Waals surface area contributed by atoms with Crippen molar-refractivity contribution in [3.63, 3.8) is 0 Å². The van der Waals surface area contributed by atoms with Crippen LogP contribution in [0.25, 0.3) is 0 Å². The fourth-order valence-corrected chi connectivity index (χ4v) is 3.84. The summed E-state index contributed by atoms with van der Waals surface area (Å²) in [6.45, 7) is 6.60. The van der Waals surface area contributed by atoms with Crippen molar-refractivity contribution in [1.29, 1.82) is 0 Å². The summed E-state index contributed by atoms with van der Waals surface area (Å²) in [6, 6.07) is 12.6. The van der Waals surface area contributed by atoms with Crippen LogP contribution in [0.1, 0.15) is 37.8 Å². The third-order valence-electron chi connectivity index (χ3n) is 4.62. The minimum absolute atomic E-state index is 0.151. The lowest BCUT2D eigenvalue weighted by atomic mass is 10.1.